The van der Waals surface area contributed by atoms with Crippen molar-refractivity contribution in [2.75, 3.05) is 12.3 Å². The van der Waals surface area contributed by atoms with E-state index in [0.29, 0.717) is 11.8 Å². The molecular weight excluding hydrogens is 358 g/mol. The van der Waals surface area contributed by atoms with E-state index in [1.54, 1.807) is 0 Å². The van der Waals surface area contributed by atoms with Crippen molar-refractivity contribution in [3.63, 3.8) is 0 Å². The molecule has 12 heteroatoms. The van der Waals surface area contributed by atoms with Crippen LogP contribution in [-0.2, 0) is 24.0 Å². The Morgan fingerprint density at radius 3 is 2.24 bits per heavy atom. The number of carboxylic acids is 2. The van der Waals surface area contributed by atoms with E-state index in [1.165, 1.54) is 6.92 Å². The molecule has 0 aromatic carbocycles. The van der Waals surface area contributed by atoms with Crippen molar-refractivity contribution >= 4 is 40.6 Å². The maximum atomic E-state index is 11.9. The van der Waals surface area contributed by atoms with Gasteiger partial charge in [0.1, 0.15) is 24.7 Å². The summed E-state index contributed by atoms with van der Waals surface area (Å²) >= 11 is 0.596. The third kappa shape index (κ3) is 10.3. The average molecular weight is 379 g/mol. The minimum Gasteiger partial charge on any atom is -0.480 e. The SMILES string of the molecule is CC(O)C(=O)SC[C@H](NC(=O)CC[C@@H](N)C(=O)O)C(=O)NCC(=O)O. The lowest BCUT2D eigenvalue weighted by atomic mass is 10.1. The fraction of sp³-hybridized carbons (Fsp3) is 0.615. The van der Waals surface area contributed by atoms with Gasteiger partial charge in [-0.25, -0.2) is 0 Å². The van der Waals surface area contributed by atoms with Gasteiger partial charge in [0.25, 0.3) is 0 Å². The van der Waals surface area contributed by atoms with E-state index in [2.05, 4.69) is 10.6 Å². The standard InChI is InChI=1S/C13H21N3O8S/c1-6(17)13(24)25-5-8(11(21)15-4-10(19)20)16-9(18)3-2-7(14)12(22)23/h6-8,17H,2-5,14H2,1H3,(H,15,21)(H,16,18)(H,19,20)(H,22,23)/t6?,7-,8+/m1/s1. The van der Waals surface area contributed by atoms with Gasteiger partial charge >= 0.3 is 11.9 Å². The molecule has 3 atom stereocenters. The summed E-state index contributed by atoms with van der Waals surface area (Å²) < 4.78 is 0. The van der Waals surface area contributed by atoms with Crippen molar-refractivity contribution in [2.45, 2.75) is 38.0 Å². The number of aliphatic hydroxyl groups is 1. The molecule has 0 heterocycles. The predicted octanol–water partition coefficient (Wildman–Crippen LogP) is -2.50. The zero-order valence-electron chi connectivity index (χ0n) is 13.4. The summed E-state index contributed by atoms with van der Waals surface area (Å²) in [5.41, 5.74) is 5.27. The third-order valence-electron chi connectivity index (χ3n) is 2.80. The van der Waals surface area contributed by atoms with E-state index in [4.69, 9.17) is 21.1 Å². The Balaban J connectivity index is 4.72. The van der Waals surface area contributed by atoms with Crippen LogP contribution >= 0.6 is 11.8 Å². The number of carbonyl (C=O) groups excluding carboxylic acids is 3. The average Bonchev–Trinajstić information content (AvgIpc) is 2.53. The number of carbonyl (C=O) groups is 5. The second-order valence-electron chi connectivity index (χ2n) is 5.02. The molecule has 0 spiro atoms. The van der Waals surface area contributed by atoms with Gasteiger partial charge in [-0.1, -0.05) is 11.8 Å². The Kier molecular flexibility index (Phi) is 10.4. The maximum Gasteiger partial charge on any atom is 0.322 e. The summed E-state index contributed by atoms with van der Waals surface area (Å²) in [6.45, 7) is 0.560. The van der Waals surface area contributed by atoms with Gasteiger partial charge in [-0.3, -0.25) is 24.0 Å². The third-order valence-corrected chi connectivity index (χ3v) is 3.92. The number of nitrogens with one attached hydrogen (secondary N) is 2. The highest BCUT2D eigenvalue weighted by molar-refractivity contribution is 8.13. The maximum absolute atomic E-state index is 11.9. The van der Waals surface area contributed by atoms with Gasteiger partial charge in [-0.15, -0.1) is 0 Å². The highest BCUT2D eigenvalue weighted by atomic mass is 32.2. The van der Waals surface area contributed by atoms with Crippen LogP contribution in [0, 0.1) is 0 Å². The molecule has 0 bridgehead atoms. The number of thioether (sulfide) groups is 1. The van der Waals surface area contributed by atoms with Crippen LogP contribution in [0.25, 0.3) is 0 Å². The van der Waals surface area contributed by atoms with Crippen LogP contribution in [0.1, 0.15) is 19.8 Å². The molecule has 25 heavy (non-hydrogen) atoms. The summed E-state index contributed by atoms with van der Waals surface area (Å²) in [7, 11) is 0. The Hall–Kier alpha value is -2.18. The van der Waals surface area contributed by atoms with Gasteiger partial charge in [0.15, 0.2) is 0 Å². The van der Waals surface area contributed by atoms with E-state index in [-0.39, 0.29) is 18.6 Å². The van der Waals surface area contributed by atoms with Gasteiger partial charge < -0.3 is 31.7 Å². The molecule has 0 fully saturated rings. The molecule has 1 unspecified atom stereocenters. The van der Waals surface area contributed by atoms with Crippen molar-refractivity contribution in [2.24, 2.45) is 5.73 Å². The number of rotatable bonds is 11. The Labute approximate surface area is 147 Å². The van der Waals surface area contributed by atoms with Crippen molar-refractivity contribution in [3.05, 3.63) is 0 Å². The molecule has 0 rings (SSSR count). The number of nitrogens with two attached hydrogens (primary N) is 1. The number of carboxylic acid groups (broad SMARTS) is 2. The molecule has 2 amide bonds. The molecule has 142 valence electrons. The van der Waals surface area contributed by atoms with Crippen LogP contribution in [0.2, 0.25) is 0 Å². The van der Waals surface area contributed by atoms with E-state index in [0.717, 1.165) is 0 Å². The van der Waals surface area contributed by atoms with Crippen molar-refractivity contribution in [1.29, 1.82) is 0 Å². The summed E-state index contributed by atoms with van der Waals surface area (Å²) in [5.74, 6) is -4.31. The van der Waals surface area contributed by atoms with Gasteiger partial charge in [0.05, 0.1) is 0 Å². The van der Waals surface area contributed by atoms with E-state index in [1.807, 2.05) is 0 Å². The monoisotopic (exact) mass is 379 g/mol. The van der Waals surface area contributed by atoms with Gasteiger partial charge in [0, 0.05) is 12.2 Å². The molecule has 0 aliphatic heterocycles. The van der Waals surface area contributed by atoms with Crippen LogP contribution in [0.3, 0.4) is 0 Å². The first-order valence-corrected chi connectivity index (χ1v) is 8.15. The molecule has 0 aliphatic rings. The molecule has 0 saturated carbocycles. The first-order chi connectivity index (χ1) is 11.5. The lowest BCUT2D eigenvalue weighted by Gasteiger charge is -2.18. The minimum absolute atomic E-state index is 0.162. The number of hydrogen-bond acceptors (Lipinski definition) is 8. The second-order valence-corrected chi connectivity index (χ2v) is 6.05. The molecular formula is C13H21N3O8S. The lowest BCUT2D eigenvalue weighted by molar-refractivity contribution is -0.139. The molecule has 0 radical (unpaired) electrons. The quantitative estimate of drug-likeness (QED) is 0.223. The first-order valence-electron chi connectivity index (χ1n) is 7.16. The normalized spacial score (nSPS) is 14.0. The van der Waals surface area contributed by atoms with E-state index < -0.39 is 53.6 Å². The zero-order valence-corrected chi connectivity index (χ0v) is 14.2. The minimum atomic E-state index is -1.29. The smallest absolute Gasteiger partial charge is 0.322 e. The second kappa shape index (κ2) is 11.4. The van der Waals surface area contributed by atoms with Crippen molar-refractivity contribution < 1.29 is 39.3 Å². The summed E-state index contributed by atoms with van der Waals surface area (Å²) in [4.78, 5) is 56.2. The highest BCUT2D eigenvalue weighted by Crippen LogP contribution is 2.08. The highest BCUT2D eigenvalue weighted by Gasteiger charge is 2.24. The molecule has 7 N–H and O–H groups in total. The van der Waals surface area contributed by atoms with E-state index >= 15 is 0 Å². The number of aliphatic carboxylic acids is 2. The largest absolute Gasteiger partial charge is 0.480 e. The molecule has 0 aliphatic carbocycles. The zero-order chi connectivity index (χ0) is 19.6. The van der Waals surface area contributed by atoms with Crippen LogP contribution in [0.4, 0.5) is 0 Å². The van der Waals surface area contributed by atoms with Crippen LogP contribution in [0.15, 0.2) is 0 Å². The van der Waals surface area contributed by atoms with Crippen LogP contribution < -0.4 is 16.4 Å². The van der Waals surface area contributed by atoms with Gasteiger partial charge in [-0.05, 0) is 13.3 Å². The first kappa shape index (κ1) is 22.8. The van der Waals surface area contributed by atoms with E-state index in [9.17, 15) is 24.0 Å². The summed E-state index contributed by atoms with van der Waals surface area (Å²) in [6.07, 6.45) is -1.70. The van der Waals surface area contributed by atoms with Crippen molar-refractivity contribution in [3.8, 4) is 0 Å². The summed E-state index contributed by atoms with van der Waals surface area (Å²) in [6, 6.07) is -2.48. The Morgan fingerprint density at radius 1 is 1.16 bits per heavy atom. The fourth-order valence-electron chi connectivity index (χ4n) is 1.43. The van der Waals surface area contributed by atoms with Gasteiger partial charge in [0.2, 0.25) is 16.9 Å². The number of aliphatic hydroxyl groups excluding tert-OH is 1. The molecule has 0 aromatic rings. The molecule has 0 aromatic heterocycles. The Bertz CT molecular complexity index is 525. The number of amides is 2. The number of hydrogen-bond donors (Lipinski definition) is 6. The summed E-state index contributed by atoms with van der Waals surface area (Å²) in [5, 5.41) is 30.0. The van der Waals surface area contributed by atoms with Gasteiger partial charge in [-0.2, -0.15) is 0 Å². The topological polar surface area (TPSA) is 196 Å². The lowest BCUT2D eigenvalue weighted by Crippen LogP contribution is -2.49. The van der Waals surface area contributed by atoms with Crippen LogP contribution in [-0.4, -0.2) is 74.7 Å². The molecule has 0 saturated heterocycles. The molecule has 11 nitrogen and oxygen atoms in total. The Morgan fingerprint density at radius 2 is 1.76 bits per heavy atom. The fourth-order valence-corrected chi connectivity index (χ4v) is 2.24. The predicted molar refractivity (Wildman–Crippen MR) is 86.6 cm³/mol. The van der Waals surface area contributed by atoms with Crippen molar-refractivity contribution in [1.82, 2.24) is 10.6 Å². The van der Waals surface area contributed by atoms with Crippen LogP contribution in [0.5, 0.6) is 0 Å².